The number of rotatable bonds is 0. The molecule has 1 aromatic carbocycles. The van der Waals surface area contributed by atoms with E-state index in [0.717, 1.165) is 27.1 Å². The number of aromatic hydroxyl groups is 1. The average Bonchev–Trinajstić information content (AvgIpc) is 2.08. The van der Waals surface area contributed by atoms with Crippen LogP contribution in [0.3, 0.4) is 0 Å². The van der Waals surface area contributed by atoms with Crippen molar-refractivity contribution in [3.8, 4) is 5.75 Å². The molecule has 0 heterocycles. The molecule has 0 saturated carbocycles. The highest BCUT2D eigenvalue weighted by molar-refractivity contribution is 7.80. The first kappa shape index (κ1) is 9.46. The molecule has 0 radical (unpaired) electrons. The molecule has 0 fully saturated rings. The van der Waals surface area contributed by atoms with Crippen LogP contribution in [0, 0.1) is 27.7 Å². The Balaban J connectivity index is 3.60. The summed E-state index contributed by atoms with van der Waals surface area (Å²) in [5.41, 5.74) is 4.12. The molecule has 0 aliphatic carbocycles. The quantitative estimate of drug-likeness (QED) is 0.591. The molecule has 1 nitrogen and oxygen atoms in total. The Bertz CT molecular complexity index is 224. The van der Waals surface area contributed by atoms with Crippen LogP contribution in [0.4, 0.5) is 0 Å². The van der Waals surface area contributed by atoms with Gasteiger partial charge in [-0.3, -0.25) is 0 Å². The van der Waals surface area contributed by atoms with Crippen molar-refractivity contribution in [3.63, 3.8) is 0 Å². The van der Waals surface area contributed by atoms with Crippen LogP contribution in [0.1, 0.15) is 22.3 Å². The van der Waals surface area contributed by atoms with E-state index in [0.29, 0.717) is 5.75 Å². The molecule has 0 spiro atoms. The lowest BCUT2D eigenvalue weighted by Crippen LogP contribution is -1.92. The molecule has 0 aromatic heterocycles. The highest BCUT2D eigenvalue weighted by atomic mass is 32.1. The minimum Gasteiger partial charge on any atom is -0.507 e. The van der Waals surface area contributed by atoms with Gasteiger partial charge in [-0.2, -0.15) is 0 Å². The maximum Gasteiger partial charge on any atom is 0.122 e. The third-order valence-corrected chi connectivity index (χ3v) is 3.22. The highest BCUT2D eigenvalue weighted by Gasteiger charge is 2.10. The summed E-state index contributed by atoms with van der Waals surface area (Å²) in [7, 11) is 0. The van der Waals surface area contributed by atoms with Gasteiger partial charge in [0.05, 0.1) is 0 Å². The van der Waals surface area contributed by atoms with Crippen molar-refractivity contribution in [2.45, 2.75) is 32.6 Å². The van der Waals surface area contributed by atoms with Gasteiger partial charge in [-0.05, 0) is 44.4 Å². The Labute approximate surface area is 78.8 Å². The molecule has 1 rings (SSSR count). The topological polar surface area (TPSA) is 20.2 Å². The molecule has 0 aliphatic heterocycles. The summed E-state index contributed by atoms with van der Waals surface area (Å²) in [5, 5.41) is 9.64. The minimum atomic E-state index is 0.378. The van der Waals surface area contributed by atoms with Crippen molar-refractivity contribution in [2.24, 2.45) is 0 Å². The Kier molecular flexibility index (Phi) is 2.38. The summed E-state index contributed by atoms with van der Waals surface area (Å²) in [6.45, 7) is 7.84. The molecule has 1 N–H and O–H groups in total. The molecule has 0 unspecified atom stereocenters. The maximum atomic E-state index is 9.64. The number of benzene rings is 1. The molecular weight excluding hydrogens is 168 g/mol. The summed E-state index contributed by atoms with van der Waals surface area (Å²) in [4.78, 5) is 0.899. The summed E-state index contributed by atoms with van der Waals surface area (Å²) >= 11 is 4.34. The van der Waals surface area contributed by atoms with Gasteiger partial charge in [-0.15, -0.1) is 12.6 Å². The summed E-state index contributed by atoms with van der Waals surface area (Å²) in [5.74, 6) is 0.378. The van der Waals surface area contributed by atoms with E-state index in [1.54, 1.807) is 0 Å². The van der Waals surface area contributed by atoms with Gasteiger partial charge >= 0.3 is 0 Å². The molecule has 1 aromatic rings. The van der Waals surface area contributed by atoms with Gasteiger partial charge in [-0.1, -0.05) is 0 Å². The lowest BCUT2D eigenvalue weighted by molar-refractivity contribution is 0.464. The third-order valence-electron chi connectivity index (χ3n) is 2.55. The Morgan fingerprint density at radius 2 is 1.33 bits per heavy atom. The average molecular weight is 182 g/mol. The molecule has 0 saturated heterocycles. The van der Waals surface area contributed by atoms with Gasteiger partial charge in [0.25, 0.3) is 0 Å². The van der Waals surface area contributed by atoms with Gasteiger partial charge in [0.2, 0.25) is 0 Å². The standard InChI is InChI=1S/C10H14OS/c1-5-6(2)9(11)8(4)10(12)7(5)3/h11-12H,1-4H3. The predicted octanol–water partition coefficient (Wildman–Crippen LogP) is 2.91. The van der Waals surface area contributed by atoms with Crippen molar-refractivity contribution in [3.05, 3.63) is 22.3 Å². The zero-order valence-corrected chi connectivity index (χ0v) is 8.79. The lowest BCUT2D eigenvalue weighted by atomic mass is 9.99. The molecular formula is C10H14OS. The number of phenolic OH excluding ortho intramolecular Hbond substituents is 1. The number of thiol groups is 1. The second-order valence-electron chi connectivity index (χ2n) is 3.20. The normalized spacial score (nSPS) is 10.4. The zero-order valence-electron chi connectivity index (χ0n) is 7.89. The predicted molar refractivity (Wildman–Crippen MR) is 54.3 cm³/mol. The molecule has 0 amide bonds. The van der Waals surface area contributed by atoms with Crippen LogP contribution in [0.25, 0.3) is 0 Å². The fraction of sp³-hybridized carbons (Fsp3) is 0.400. The number of phenols is 1. The van der Waals surface area contributed by atoms with Gasteiger partial charge < -0.3 is 5.11 Å². The van der Waals surface area contributed by atoms with E-state index in [9.17, 15) is 5.11 Å². The number of hydrogen-bond donors (Lipinski definition) is 2. The van der Waals surface area contributed by atoms with Crippen LogP contribution in [-0.4, -0.2) is 5.11 Å². The van der Waals surface area contributed by atoms with E-state index in [1.165, 1.54) is 0 Å². The van der Waals surface area contributed by atoms with Gasteiger partial charge in [0.1, 0.15) is 5.75 Å². The Morgan fingerprint density at radius 1 is 0.833 bits per heavy atom. The Morgan fingerprint density at radius 3 is 1.83 bits per heavy atom. The Hall–Kier alpha value is -0.630. The summed E-state index contributed by atoms with van der Waals surface area (Å²) in [6, 6.07) is 0. The van der Waals surface area contributed by atoms with Crippen molar-refractivity contribution in [1.29, 1.82) is 0 Å². The first-order chi connectivity index (χ1) is 5.46. The van der Waals surface area contributed by atoms with Gasteiger partial charge in [-0.25, -0.2) is 0 Å². The van der Waals surface area contributed by atoms with E-state index in [-0.39, 0.29) is 0 Å². The molecule has 12 heavy (non-hydrogen) atoms. The zero-order chi connectivity index (χ0) is 9.46. The second-order valence-corrected chi connectivity index (χ2v) is 3.64. The first-order valence-electron chi connectivity index (χ1n) is 3.95. The van der Waals surface area contributed by atoms with Crippen LogP contribution < -0.4 is 0 Å². The van der Waals surface area contributed by atoms with Crippen LogP contribution in [-0.2, 0) is 0 Å². The molecule has 0 aliphatic rings. The van der Waals surface area contributed by atoms with Crippen LogP contribution >= 0.6 is 12.6 Å². The first-order valence-corrected chi connectivity index (χ1v) is 4.39. The smallest absolute Gasteiger partial charge is 0.122 e. The van der Waals surface area contributed by atoms with E-state index in [1.807, 2.05) is 27.7 Å². The van der Waals surface area contributed by atoms with Crippen LogP contribution in [0.15, 0.2) is 4.90 Å². The van der Waals surface area contributed by atoms with Crippen LogP contribution in [0.5, 0.6) is 5.75 Å². The van der Waals surface area contributed by atoms with Crippen molar-refractivity contribution < 1.29 is 5.11 Å². The molecule has 0 atom stereocenters. The summed E-state index contributed by atoms with van der Waals surface area (Å²) < 4.78 is 0. The van der Waals surface area contributed by atoms with E-state index < -0.39 is 0 Å². The van der Waals surface area contributed by atoms with Gasteiger partial charge in [0.15, 0.2) is 0 Å². The van der Waals surface area contributed by atoms with E-state index in [2.05, 4.69) is 12.6 Å². The second kappa shape index (κ2) is 3.02. The maximum absolute atomic E-state index is 9.64. The molecule has 0 bridgehead atoms. The molecule has 66 valence electrons. The van der Waals surface area contributed by atoms with E-state index in [4.69, 9.17) is 0 Å². The lowest BCUT2D eigenvalue weighted by Gasteiger charge is -2.13. The highest BCUT2D eigenvalue weighted by Crippen LogP contribution is 2.33. The van der Waals surface area contributed by atoms with Crippen molar-refractivity contribution >= 4 is 12.6 Å². The fourth-order valence-corrected chi connectivity index (χ4v) is 1.58. The number of hydrogen-bond acceptors (Lipinski definition) is 2. The van der Waals surface area contributed by atoms with Gasteiger partial charge in [0, 0.05) is 10.5 Å². The third kappa shape index (κ3) is 1.20. The van der Waals surface area contributed by atoms with E-state index >= 15 is 0 Å². The fourth-order valence-electron chi connectivity index (χ4n) is 1.31. The summed E-state index contributed by atoms with van der Waals surface area (Å²) in [6.07, 6.45) is 0. The van der Waals surface area contributed by atoms with Crippen molar-refractivity contribution in [2.75, 3.05) is 0 Å². The monoisotopic (exact) mass is 182 g/mol. The SMILES string of the molecule is Cc1c(C)c(O)c(C)c(S)c1C. The minimum absolute atomic E-state index is 0.378. The largest absolute Gasteiger partial charge is 0.507 e. The molecule has 2 heteroatoms. The van der Waals surface area contributed by atoms with Crippen LogP contribution in [0.2, 0.25) is 0 Å². The van der Waals surface area contributed by atoms with Crippen molar-refractivity contribution in [1.82, 2.24) is 0 Å².